The van der Waals surface area contributed by atoms with Crippen LogP contribution in [0.5, 0.6) is 0 Å². The normalized spacial score (nSPS) is 18.8. The van der Waals surface area contributed by atoms with E-state index in [4.69, 9.17) is 4.98 Å². The lowest BCUT2D eigenvalue weighted by Crippen LogP contribution is -2.52. The molecule has 2 aromatic heterocycles. The number of carbonyl (C=O) groups is 4. The number of piperidine rings is 2. The number of rotatable bonds is 6. The summed E-state index contributed by atoms with van der Waals surface area (Å²) in [7, 11) is 0. The van der Waals surface area contributed by atoms with Gasteiger partial charge in [0, 0.05) is 67.1 Å². The molecule has 1 atom stereocenters. The number of hydrogen-bond acceptors (Lipinski definition) is 7. The lowest BCUT2D eigenvalue weighted by molar-refractivity contribution is -0.137. The van der Waals surface area contributed by atoms with E-state index in [2.05, 4.69) is 38.7 Å². The van der Waals surface area contributed by atoms with Crippen molar-refractivity contribution in [3.05, 3.63) is 84.2 Å². The first-order valence-corrected chi connectivity index (χ1v) is 15.1. The first kappa shape index (κ1) is 27.7. The van der Waals surface area contributed by atoms with Gasteiger partial charge < -0.3 is 15.1 Å². The zero-order valence-electron chi connectivity index (χ0n) is 24.2. The standard InChI is InChI=1S/C34H32N6O4/c41-30-10-8-28(33(43)38-30)40-20-24-18-25(6-7-27(24)34(40)44)37-31(42)17-21-12-15-39(16-13-21)29-9-5-23(19-36-29)32-26-4-2-1-3-22(26)11-14-35-32/h1-7,9,11,14,18-19,21,28H,8,10,12-13,15-17,20H2,(H,37,42)(H,38,41,43). The van der Waals surface area contributed by atoms with E-state index in [9.17, 15) is 19.2 Å². The van der Waals surface area contributed by atoms with Crippen LogP contribution in [0, 0.1) is 5.92 Å². The van der Waals surface area contributed by atoms with Crippen molar-refractivity contribution < 1.29 is 19.2 Å². The van der Waals surface area contributed by atoms with Gasteiger partial charge in [0.25, 0.3) is 5.91 Å². The van der Waals surface area contributed by atoms with E-state index in [0.717, 1.165) is 59.3 Å². The van der Waals surface area contributed by atoms with Gasteiger partial charge in [-0.1, -0.05) is 24.3 Å². The fourth-order valence-corrected chi connectivity index (χ4v) is 6.56. The number of amides is 4. The molecule has 10 nitrogen and oxygen atoms in total. The summed E-state index contributed by atoms with van der Waals surface area (Å²) < 4.78 is 0. The van der Waals surface area contributed by atoms with Crippen molar-refractivity contribution in [2.24, 2.45) is 5.92 Å². The molecule has 2 N–H and O–H groups in total. The molecular weight excluding hydrogens is 556 g/mol. The quantitative estimate of drug-likeness (QED) is 0.322. The van der Waals surface area contributed by atoms with Crippen molar-refractivity contribution in [3.8, 4) is 11.3 Å². The highest BCUT2D eigenvalue weighted by Crippen LogP contribution is 2.31. The van der Waals surface area contributed by atoms with Crippen LogP contribution in [0.25, 0.3) is 22.0 Å². The smallest absolute Gasteiger partial charge is 0.255 e. The number of anilines is 2. The highest BCUT2D eigenvalue weighted by atomic mass is 16.2. The minimum atomic E-state index is -0.661. The molecule has 3 aliphatic heterocycles. The van der Waals surface area contributed by atoms with E-state index in [-0.39, 0.29) is 36.6 Å². The Morgan fingerprint density at radius 3 is 2.59 bits per heavy atom. The van der Waals surface area contributed by atoms with Crippen molar-refractivity contribution in [1.82, 2.24) is 20.2 Å². The third-order valence-corrected chi connectivity index (χ3v) is 8.91. The van der Waals surface area contributed by atoms with Crippen LogP contribution in [0.3, 0.4) is 0 Å². The van der Waals surface area contributed by atoms with Gasteiger partial charge in [0.15, 0.2) is 0 Å². The SMILES string of the molecule is O=C1CCC(N2Cc3cc(NC(=O)CC4CCN(c5ccc(-c6nccc7ccccc67)cn5)CC4)ccc3C2=O)C(=O)N1. The van der Waals surface area contributed by atoms with E-state index >= 15 is 0 Å². The van der Waals surface area contributed by atoms with Crippen molar-refractivity contribution in [3.63, 3.8) is 0 Å². The Morgan fingerprint density at radius 2 is 1.80 bits per heavy atom. The maximum atomic E-state index is 12.9. The fourth-order valence-electron chi connectivity index (χ4n) is 6.56. The van der Waals surface area contributed by atoms with Gasteiger partial charge in [-0.15, -0.1) is 0 Å². The van der Waals surface area contributed by atoms with Gasteiger partial charge in [0.2, 0.25) is 17.7 Å². The van der Waals surface area contributed by atoms with Gasteiger partial charge in [-0.25, -0.2) is 4.98 Å². The fraction of sp³-hybridized carbons (Fsp3) is 0.294. The summed E-state index contributed by atoms with van der Waals surface area (Å²) in [6.07, 6.45) is 6.45. The van der Waals surface area contributed by atoms with Gasteiger partial charge in [-0.2, -0.15) is 0 Å². The van der Waals surface area contributed by atoms with Gasteiger partial charge in [0.1, 0.15) is 11.9 Å². The number of carbonyl (C=O) groups excluding carboxylic acids is 4. The average molecular weight is 589 g/mol. The van der Waals surface area contributed by atoms with Crippen molar-refractivity contribution in [2.75, 3.05) is 23.3 Å². The molecule has 4 amide bonds. The second-order valence-corrected chi connectivity index (χ2v) is 11.7. The van der Waals surface area contributed by atoms with Crippen molar-refractivity contribution >= 4 is 45.9 Å². The Bertz CT molecular complexity index is 1780. The van der Waals surface area contributed by atoms with Crippen LogP contribution in [-0.4, -0.2) is 57.6 Å². The summed E-state index contributed by atoms with van der Waals surface area (Å²) >= 11 is 0. The molecule has 2 saturated heterocycles. The number of nitrogens with one attached hydrogen (secondary N) is 2. The van der Waals surface area contributed by atoms with Crippen LogP contribution in [0.2, 0.25) is 0 Å². The molecule has 2 fully saturated rings. The average Bonchev–Trinajstić information content (AvgIpc) is 3.36. The number of fused-ring (bicyclic) bond motifs is 2. The van der Waals surface area contributed by atoms with Crippen LogP contribution in [0.4, 0.5) is 11.5 Å². The molecule has 0 aliphatic carbocycles. The van der Waals surface area contributed by atoms with Crippen LogP contribution in [0.1, 0.15) is 48.0 Å². The van der Waals surface area contributed by atoms with Crippen LogP contribution in [-0.2, 0) is 20.9 Å². The van der Waals surface area contributed by atoms with E-state index < -0.39 is 11.9 Å². The number of nitrogens with zero attached hydrogens (tertiary/aromatic N) is 4. The Balaban J connectivity index is 0.923. The number of imide groups is 1. The number of pyridine rings is 2. The third kappa shape index (κ3) is 5.39. The second-order valence-electron chi connectivity index (χ2n) is 11.7. The molecule has 4 aromatic rings. The van der Waals surface area contributed by atoms with Crippen molar-refractivity contribution in [2.45, 2.75) is 44.7 Å². The summed E-state index contributed by atoms with van der Waals surface area (Å²) in [6.45, 7) is 1.93. The highest BCUT2D eigenvalue weighted by Gasteiger charge is 2.39. The summed E-state index contributed by atoms with van der Waals surface area (Å²) in [5.41, 5.74) is 3.83. The van der Waals surface area contributed by atoms with Crippen molar-refractivity contribution in [1.29, 1.82) is 0 Å². The van der Waals surface area contributed by atoms with Gasteiger partial charge in [0.05, 0.1) is 5.69 Å². The summed E-state index contributed by atoms with van der Waals surface area (Å²) in [4.78, 5) is 62.8. The molecule has 10 heteroatoms. The molecule has 0 radical (unpaired) electrons. The zero-order chi connectivity index (χ0) is 30.2. The lowest BCUT2D eigenvalue weighted by atomic mass is 9.93. The molecule has 1 unspecified atom stereocenters. The number of hydrogen-bond donors (Lipinski definition) is 2. The Kier molecular flexibility index (Phi) is 7.25. The first-order chi connectivity index (χ1) is 21.4. The third-order valence-electron chi connectivity index (χ3n) is 8.91. The maximum Gasteiger partial charge on any atom is 0.255 e. The van der Waals surface area contributed by atoms with Gasteiger partial charge >= 0.3 is 0 Å². The second kappa shape index (κ2) is 11.5. The topological polar surface area (TPSA) is 125 Å². The predicted octanol–water partition coefficient (Wildman–Crippen LogP) is 4.30. The summed E-state index contributed by atoms with van der Waals surface area (Å²) in [5.74, 6) is 0.161. The summed E-state index contributed by atoms with van der Waals surface area (Å²) in [5, 5.41) is 7.56. The van der Waals surface area contributed by atoms with Crippen LogP contribution in [0.15, 0.2) is 73.1 Å². The Labute approximate surface area is 254 Å². The number of benzene rings is 2. The minimum Gasteiger partial charge on any atom is -0.357 e. The summed E-state index contributed by atoms with van der Waals surface area (Å²) in [6, 6.07) is 18.9. The molecule has 44 heavy (non-hydrogen) atoms. The molecule has 0 spiro atoms. The van der Waals surface area contributed by atoms with Gasteiger partial charge in [-0.05, 0) is 72.5 Å². The van der Waals surface area contributed by atoms with Crippen LogP contribution >= 0.6 is 0 Å². The molecule has 0 bridgehead atoms. The monoisotopic (exact) mass is 588 g/mol. The van der Waals surface area contributed by atoms with E-state index in [1.54, 1.807) is 12.1 Å². The molecule has 222 valence electrons. The van der Waals surface area contributed by atoms with Crippen LogP contribution < -0.4 is 15.5 Å². The van der Waals surface area contributed by atoms with E-state index in [1.807, 2.05) is 42.7 Å². The maximum absolute atomic E-state index is 12.9. The number of aromatic nitrogens is 2. The zero-order valence-corrected chi connectivity index (χ0v) is 24.2. The first-order valence-electron chi connectivity index (χ1n) is 15.1. The lowest BCUT2D eigenvalue weighted by Gasteiger charge is -2.32. The molecule has 7 rings (SSSR count). The molecule has 5 heterocycles. The molecule has 0 saturated carbocycles. The predicted molar refractivity (Wildman–Crippen MR) is 166 cm³/mol. The minimum absolute atomic E-state index is 0.0557. The Morgan fingerprint density at radius 1 is 0.955 bits per heavy atom. The van der Waals surface area contributed by atoms with E-state index in [1.165, 1.54) is 4.90 Å². The van der Waals surface area contributed by atoms with E-state index in [0.29, 0.717) is 24.1 Å². The molecule has 3 aliphatic rings. The molecular formula is C34H32N6O4. The van der Waals surface area contributed by atoms with Gasteiger partial charge in [-0.3, -0.25) is 29.5 Å². The Hall–Kier alpha value is -5.12. The molecule has 2 aromatic carbocycles. The highest BCUT2D eigenvalue weighted by molar-refractivity contribution is 6.05. The largest absolute Gasteiger partial charge is 0.357 e.